The van der Waals surface area contributed by atoms with Gasteiger partial charge in [0.2, 0.25) is 0 Å². The summed E-state index contributed by atoms with van der Waals surface area (Å²) in [6.45, 7) is 4.00. The number of hydrogen-bond donors (Lipinski definition) is 2. The fourth-order valence-electron chi connectivity index (χ4n) is 3.93. The number of para-hydroxylation sites is 1. The first kappa shape index (κ1) is 21.8. The quantitative estimate of drug-likeness (QED) is 0.392. The summed E-state index contributed by atoms with van der Waals surface area (Å²) in [4.78, 5) is 21.6. The summed E-state index contributed by atoms with van der Waals surface area (Å²) in [7, 11) is 1.69. The van der Waals surface area contributed by atoms with E-state index in [1.165, 1.54) is 0 Å². The van der Waals surface area contributed by atoms with Crippen LogP contribution in [-0.4, -0.2) is 40.7 Å². The standard InChI is InChI=1S/C25H29N5O2/c1-17-9-11-18(12-10-17)25(31)27-14-5-6-15-30-21(13-16-32-2)29-22-23(30)19-7-3-4-8-20(19)28-24(22)26/h3-4,7-12H,5-6,13-16H2,1-2H3,(H2,26,28)(H,27,31). The maximum atomic E-state index is 12.3. The SMILES string of the molecule is COCCc1nc2c(N)nc3ccccc3c2n1CCCCNC(=O)c1ccc(C)cc1. The topological polar surface area (TPSA) is 95.1 Å². The molecule has 7 nitrogen and oxygen atoms in total. The summed E-state index contributed by atoms with van der Waals surface area (Å²) in [6, 6.07) is 15.6. The van der Waals surface area contributed by atoms with E-state index in [1.807, 2.05) is 49.4 Å². The highest BCUT2D eigenvalue weighted by Crippen LogP contribution is 2.29. The third-order valence-corrected chi connectivity index (χ3v) is 5.63. The van der Waals surface area contributed by atoms with Crippen molar-refractivity contribution in [2.45, 2.75) is 32.7 Å². The van der Waals surface area contributed by atoms with E-state index in [0.717, 1.165) is 52.7 Å². The molecule has 0 aliphatic carbocycles. The van der Waals surface area contributed by atoms with Crippen molar-refractivity contribution in [2.24, 2.45) is 0 Å². The Bertz CT molecular complexity index is 1230. The summed E-state index contributed by atoms with van der Waals surface area (Å²) in [6.07, 6.45) is 2.46. The number of nitrogen functional groups attached to an aromatic ring is 1. The summed E-state index contributed by atoms with van der Waals surface area (Å²) in [5, 5.41) is 4.05. The molecule has 3 N–H and O–H groups in total. The lowest BCUT2D eigenvalue weighted by molar-refractivity contribution is 0.0953. The van der Waals surface area contributed by atoms with Crippen LogP contribution in [-0.2, 0) is 17.7 Å². The Morgan fingerprint density at radius 1 is 1.09 bits per heavy atom. The summed E-state index contributed by atoms with van der Waals surface area (Å²) >= 11 is 0. The molecule has 0 saturated carbocycles. The molecule has 0 spiro atoms. The van der Waals surface area contributed by atoms with Crippen molar-refractivity contribution in [3.05, 3.63) is 65.5 Å². The molecule has 0 bridgehead atoms. The van der Waals surface area contributed by atoms with Gasteiger partial charge >= 0.3 is 0 Å². The number of pyridine rings is 1. The molecule has 0 aliphatic rings. The molecule has 2 aromatic carbocycles. The Kier molecular flexibility index (Phi) is 6.66. The molecule has 0 aliphatic heterocycles. The third-order valence-electron chi connectivity index (χ3n) is 5.63. The zero-order chi connectivity index (χ0) is 22.5. The molecule has 7 heteroatoms. The molecule has 2 heterocycles. The Morgan fingerprint density at radius 3 is 2.66 bits per heavy atom. The number of anilines is 1. The summed E-state index contributed by atoms with van der Waals surface area (Å²) in [5.74, 6) is 1.35. The molecule has 166 valence electrons. The van der Waals surface area contributed by atoms with Crippen LogP contribution in [0.25, 0.3) is 21.9 Å². The van der Waals surface area contributed by atoms with Crippen LogP contribution in [0.2, 0.25) is 0 Å². The third kappa shape index (κ3) is 4.57. The van der Waals surface area contributed by atoms with Gasteiger partial charge in [-0.2, -0.15) is 0 Å². The molecule has 2 aromatic heterocycles. The monoisotopic (exact) mass is 431 g/mol. The number of carbonyl (C=O) groups excluding carboxylic acids is 1. The van der Waals surface area contributed by atoms with Crippen molar-refractivity contribution >= 4 is 33.7 Å². The van der Waals surface area contributed by atoms with Crippen LogP contribution in [0.15, 0.2) is 48.5 Å². The van der Waals surface area contributed by atoms with E-state index in [2.05, 4.69) is 20.9 Å². The number of ether oxygens (including phenoxy) is 1. The minimum absolute atomic E-state index is 0.0382. The predicted octanol–water partition coefficient (Wildman–Crippen LogP) is 3.87. The Morgan fingerprint density at radius 2 is 1.88 bits per heavy atom. The maximum Gasteiger partial charge on any atom is 0.251 e. The number of imidazole rings is 1. The number of hydrogen-bond acceptors (Lipinski definition) is 5. The van der Waals surface area contributed by atoms with Crippen LogP contribution < -0.4 is 11.1 Å². The first-order valence-electron chi connectivity index (χ1n) is 11.0. The highest BCUT2D eigenvalue weighted by molar-refractivity contribution is 6.06. The minimum Gasteiger partial charge on any atom is -0.384 e. The van der Waals surface area contributed by atoms with Gasteiger partial charge in [0.1, 0.15) is 11.3 Å². The molecule has 0 unspecified atom stereocenters. The van der Waals surface area contributed by atoms with Gasteiger partial charge in [-0.1, -0.05) is 35.9 Å². The van der Waals surface area contributed by atoms with Gasteiger partial charge < -0.3 is 20.4 Å². The normalized spacial score (nSPS) is 11.3. The average Bonchev–Trinajstić information content (AvgIpc) is 3.17. The summed E-state index contributed by atoms with van der Waals surface area (Å²) < 4.78 is 7.52. The molecular formula is C25H29N5O2. The maximum absolute atomic E-state index is 12.3. The molecule has 4 rings (SSSR count). The first-order chi connectivity index (χ1) is 15.6. The van der Waals surface area contributed by atoms with Crippen LogP contribution in [0, 0.1) is 6.92 Å². The average molecular weight is 432 g/mol. The Hall–Kier alpha value is -3.45. The fraction of sp³-hybridized carbons (Fsp3) is 0.320. The number of benzene rings is 2. The van der Waals surface area contributed by atoms with Crippen LogP contribution in [0.3, 0.4) is 0 Å². The van der Waals surface area contributed by atoms with Crippen LogP contribution >= 0.6 is 0 Å². The molecule has 0 atom stereocenters. The fourth-order valence-corrected chi connectivity index (χ4v) is 3.93. The van der Waals surface area contributed by atoms with E-state index < -0.39 is 0 Å². The van der Waals surface area contributed by atoms with Crippen LogP contribution in [0.5, 0.6) is 0 Å². The van der Waals surface area contributed by atoms with E-state index in [1.54, 1.807) is 7.11 Å². The Balaban J connectivity index is 1.49. The van der Waals surface area contributed by atoms with E-state index >= 15 is 0 Å². The van der Waals surface area contributed by atoms with Crippen molar-refractivity contribution in [1.29, 1.82) is 0 Å². The molecule has 4 aromatic rings. The number of nitrogens with one attached hydrogen (secondary N) is 1. The lowest BCUT2D eigenvalue weighted by atomic mass is 10.1. The zero-order valence-corrected chi connectivity index (χ0v) is 18.6. The number of fused-ring (bicyclic) bond motifs is 3. The van der Waals surface area contributed by atoms with Crippen molar-refractivity contribution in [1.82, 2.24) is 19.9 Å². The van der Waals surface area contributed by atoms with Crippen LogP contribution in [0.4, 0.5) is 5.82 Å². The lowest BCUT2D eigenvalue weighted by Crippen LogP contribution is -2.24. The van der Waals surface area contributed by atoms with Crippen molar-refractivity contribution in [3.63, 3.8) is 0 Å². The van der Waals surface area contributed by atoms with Gasteiger partial charge in [-0.05, 0) is 38.0 Å². The van der Waals surface area contributed by atoms with Crippen molar-refractivity contribution in [2.75, 3.05) is 26.0 Å². The number of unbranched alkanes of at least 4 members (excludes halogenated alkanes) is 1. The van der Waals surface area contributed by atoms with Gasteiger partial charge in [-0.3, -0.25) is 4.79 Å². The number of amides is 1. The van der Waals surface area contributed by atoms with Gasteiger partial charge in [0.15, 0.2) is 5.82 Å². The van der Waals surface area contributed by atoms with Gasteiger partial charge in [0.05, 0.1) is 17.6 Å². The van der Waals surface area contributed by atoms with Crippen molar-refractivity contribution < 1.29 is 9.53 Å². The Labute approximate surface area is 187 Å². The molecule has 32 heavy (non-hydrogen) atoms. The van der Waals surface area contributed by atoms with Gasteiger partial charge in [-0.25, -0.2) is 9.97 Å². The second-order valence-electron chi connectivity index (χ2n) is 7.96. The van der Waals surface area contributed by atoms with Crippen molar-refractivity contribution in [3.8, 4) is 0 Å². The molecule has 0 fully saturated rings. The van der Waals surface area contributed by atoms with Gasteiger partial charge in [0, 0.05) is 37.6 Å². The largest absolute Gasteiger partial charge is 0.384 e. The van der Waals surface area contributed by atoms with E-state index in [0.29, 0.717) is 31.0 Å². The zero-order valence-electron chi connectivity index (χ0n) is 18.6. The molecule has 0 radical (unpaired) electrons. The molecular weight excluding hydrogens is 402 g/mol. The van der Waals surface area contributed by atoms with E-state index in [-0.39, 0.29) is 5.91 Å². The van der Waals surface area contributed by atoms with E-state index in [4.69, 9.17) is 15.5 Å². The number of nitrogens with zero attached hydrogens (tertiary/aromatic N) is 3. The highest BCUT2D eigenvalue weighted by Gasteiger charge is 2.17. The smallest absolute Gasteiger partial charge is 0.251 e. The molecule has 1 amide bonds. The first-order valence-corrected chi connectivity index (χ1v) is 11.0. The second-order valence-corrected chi connectivity index (χ2v) is 7.96. The summed E-state index contributed by atoms with van der Waals surface area (Å²) in [5.41, 5.74) is 10.7. The van der Waals surface area contributed by atoms with E-state index in [9.17, 15) is 4.79 Å². The highest BCUT2D eigenvalue weighted by atomic mass is 16.5. The minimum atomic E-state index is -0.0382. The van der Waals surface area contributed by atoms with Crippen LogP contribution in [0.1, 0.15) is 34.6 Å². The number of aryl methyl sites for hydroxylation is 2. The number of carbonyl (C=O) groups is 1. The number of methoxy groups -OCH3 is 1. The van der Waals surface area contributed by atoms with Gasteiger partial charge in [-0.15, -0.1) is 0 Å². The predicted molar refractivity (Wildman–Crippen MR) is 128 cm³/mol. The lowest BCUT2D eigenvalue weighted by Gasteiger charge is -2.11. The molecule has 0 saturated heterocycles. The second kappa shape index (κ2) is 9.78. The number of aromatic nitrogens is 3. The van der Waals surface area contributed by atoms with Gasteiger partial charge in [0.25, 0.3) is 5.91 Å². The number of nitrogens with two attached hydrogens (primary N) is 1. The number of rotatable bonds is 9.